The van der Waals surface area contributed by atoms with E-state index in [4.69, 9.17) is 9.47 Å². The molecule has 1 aromatic carbocycles. The van der Waals surface area contributed by atoms with E-state index in [1.165, 1.54) is 6.07 Å². The highest BCUT2D eigenvalue weighted by Crippen LogP contribution is 2.23. The van der Waals surface area contributed by atoms with Crippen molar-refractivity contribution < 1.29 is 19.3 Å². The zero-order valence-corrected chi connectivity index (χ0v) is 14.2. The SMILES string of the molecule is Cc1cc(OCCCC[NH+]2C[C@H](C)O[C@@H](C)C2)ccc1[N+](=O)[O-]. The Morgan fingerprint density at radius 3 is 2.61 bits per heavy atom. The normalized spacial score (nSPS) is 24.4. The van der Waals surface area contributed by atoms with Crippen LogP contribution in [0, 0.1) is 17.0 Å². The van der Waals surface area contributed by atoms with Gasteiger partial charge < -0.3 is 14.4 Å². The highest BCUT2D eigenvalue weighted by atomic mass is 16.6. The van der Waals surface area contributed by atoms with E-state index in [9.17, 15) is 10.1 Å². The van der Waals surface area contributed by atoms with Crippen LogP contribution in [0.25, 0.3) is 0 Å². The summed E-state index contributed by atoms with van der Waals surface area (Å²) in [5.41, 5.74) is 0.768. The smallest absolute Gasteiger partial charge is 0.272 e. The molecule has 1 saturated heterocycles. The molecule has 0 unspecified atom stereocenters. The fraction of sp³-hybridized carbons (Fsp3) is 0.647. The maximum Gasteiger partial charge on any atom is 0.272 e. The zero-order valence-electron chi connectivity index (χ0n) is 14.2. The molecule has 0 aliphatic carbocycles. The minimum atomic E-state index is -0.369. The molecule has 0 radical (unpaired) electrons. The van der Waals surface area contributed by atoms with Crippen molar-refractivity contribution in [1.29, 1.82) is 0 Å². The molecular weight excluding hydrogens is 296 g/mol. The third-order valence-electron chi connectivity index (χ3n) is 4.18. The van der Waals surface area contributed by atoms with E-state index >= 15 is 0 Å². The van der Waals surface area contributed by atoms with Gasteiger partial charge in [0.25, 0.3) is 5.69 Å². The first-order chi connectivity index (χ1) is 11.0. The molecule has 23 heavy (non-hydrogen) atoms. The van der Waals surface area contributed by atoms with Gasteiger partial charge in [-0.3, -0.25) is 10.1 Å². The van der Waals surface area contributed by atoms with Crippen LogP contribution >= 0.6 is 0 Å². The van der Waals surface area contributed by atoms with Crippen LogP contribution in [0.2, 0.25) is 0 Å². The molecule has 2 atom stereocenters. The van der Waals surface area contributed by atoms with Gasteiger partial charge in [0.05, 0.1) is 18.1 Å². The standard InChI is InChI=1S/C17H26N2O4/c1-13-10-16(6-7-17(13)19(20)21)22-9-5-4-8-18-11-14(2)23-15(3)12-18/h6-7,10,14-15H,4-5,8-9,11-12H2,1-3H3/p+1/t14-,15-/m0/s1. The van der Waals surface area contributed by atoms with E-state index in [1.807, 2.05) is 0 Å². The average molecular weight is 323 g/mol. The summed E-state index contributed by atoms with van der Waals surface area (Å²) in [5.74, 6) is 0.703. The summed E-state index contributed by atoms with van der Waals surface area (Å²) < 4.78 is 11.4. The number of nitro groups is 1. The number of benzene rings is 1. The van der Waals surface area contributed by atoms with E-state index in [0.29, 0.717) is 30.1 Å². The third kappa shape index (κ3) is 5.48. The van der Waals surface area contributed by atoms with Crippen molar-refractivity contribution in [3.05, 3.63) is 33.9 Å². The minimum absolute atomic E-state index is 0.136. The van der Waals surface area contributed by atoms with Crippen LogP contribution in [0.4, 0.5) is 5.69 Å². The Hall–Kier alpha value is -1.66. The zero-order chi connectivity index (χ0) is 16.8. The summed E-state index contributed by atoms with van der Waals surface area (Å²) in [7, 11) is 0. The number of quaternary nitrogens is 1. The quantitative estimate of drug-likeness (QED) is 0.472. The summed E-state index contributed by atoms with van der Waals surface area (Å²) in [5, 5.41) is 10.8. The second-order valence-corrected chi connectivity index (χ2v) is 6.43. The number of ether oxygens (including phenoxy) is 2. The average Bonchev–Trinajstić information content (AvgIpc) is 2.45. The van der Waals surface area contributed by atoms with Gasteiger partial charge in [0.1, 0.15) is 31.0 Å². The van der Waals surface area contributed by atoms with Crippen molar-refractivity contribution in [3.8, 4) is 5.75 Å². The topological polar surface area (TPSA) is 66.0 Å². The predicted octanol–water partition coefficient (Wildman–Crippen LogP) is 1.75. The van der Waals surface area contributed by atoms with Crippen molar-refractivity contribution >= 4 is 5.69 Å². The van der Waals surface area contributed by atoms with Crippen LogP contribution in [0.3, 0.4) is 0 Å². The monoisotopic (exact) mass is 323 g/mol. The molecule has 1 aliphatic rings. The molecule has 6 heteroatoms. The number of unbranched alkanes of at least 4 members (excludes halogenated alkanes) is 1. The Morgan fingerprint density at radius 1 is 1.30 bits per heavy atom. The Morgan fingerprint density at radius 2 is 2.00 bits per heavy atom. The fourth-order valence-electron chi connectivity index (χ4n) is 3.18. The van der Waals surface area contributed by atoms with Crippen LogP contribution in [-0.2, 0) is 4.74 Å². The second kappa shape index (κ2) is 8.26. The lowest BCUT2D eigenvalue weighted by molar-refractivity contribution is -0.915. The number of nitrogens with one attached hydrogen (secondary N) is 1. The van der Waals surface area contributed by atoms with Gasteiger partial charge in [0.15, 0.2) is 0 Å². The summed E-state index contributed by atoms with van der Waals surface area (Å²) in [6, 6.07) is 4.90. The van der Waals surface area contributed by atoms with Gasteiger partial charge in [0, 0.05) is 11.6 Å². The number of nitrogens with zero attached hydrogens (tertiary/aromatic N) is 1. The van der Waals surface area contributed by atoms with Crippen molar-refractivity contribution in [1.82, 2.24) is 0 Å². The third-order valence-corrected chi connectivity index (χ3v) is 4.18. The van der Waals surface area contributed by atoms with Gasteiger partial charge in [-0.1, -0.05) is 0 Å². The first-order valence-electron chi connectivity index (χ1n) is 8.32. The Bertz CT molecular complexity index is 525. The molecule has 1 heterocycles. The van der Waals surface area contributed by atoms with Crippen molar-refractivity contribution in [3.63, 3.8) is 0 Å². The number of hydrogen-bond acceptors (Lipinski definition) is 4. The second-order valence-electron chi connectivity index (χ2n) is 6.43. The summed E-state index contributed by atoms with van der Waals surface area (Å²) in [6.45, 7) is 9.94. The highest BCUT2D eigenvalue weighted by Gasteiger charge is 2.24. The molecule has 0 amide bonds. The molecule has 0 spiro atoms. The van der Waals surface area contributed by atoms with Crippen LogP contribution in [0.1, 0.15) is 32.3 Å². The maximum absolute atomic E-state index is 10.8. The van der Waals surface area contributed by atoms with Crippen molar-refractivity contribution in [2.75, 3.05) is 26.2 Å². The van der Waals surface area contributed by atoms with Gasteiger partial charge in [-0.25, -0.2) is 0 Å². The summed E-state index contributed by atoms with van der Waals surface area (Å²) >= 11 is 0. The minimum Gasteiger partial charge on any atom is -0.494 e. The Balaban J connectivity index is 1.67. The van der Waals surface area contributed by atoms with Gasteiger partial charge in [-0.2, -0.15) is 0 Å². The van der Waals surface area contributed by atoms with Crippen LogP contribution in [-0.4, -0.2) is 43.4 Å². The van der Waals surface area contributed by atoms with Gasteiger partial charge in [0.2, 0.25) is 0 Å². The predicted molar refractivity (Wildman–Crippen MR) is 88.1 cm³/mol. The van der Waals surface area contributed by atoms with E-state index in [2.05, 4.69) is 13.8 Å². The lowest BCUT2D eigenvalue weighted by Crippen LogP contribution is -3.15. The number of aryl methyl sites for hydroxylation is 1. The fourth-order valence-corrected chi connectivity index (χ4v) is 3.18. The molecule has 1 fully saturated rings. The van der Waals surface area contributed by atoms with Crippen LogP contribution in [0.15, 0.2) is 18.2 Å². The Labute approximate surface area is 137 Å². The molecule has 1 aromatic rings. The largest absolute Gasteiger partial charge is 0.494 e. The molecule has 1 aliphatic heterocycles. The van der Waals surface area contributed by atoms with Gasteiger partial charge >= 0.3 is 0 Å². The van der Waals surface area contributed by atoms with Gasteiger partial charge in [-0.15, -0.1) is 0 Å². The first kappa shape index (κ1) is 17.7. The molecule has 0 aromatic heterocycles. The summed E-state index contributed by atoms with van der Waals surface area (Å²) in [4.78, 5) is 12.0. The van der Waals surface area contributed by atoms with Crippen LogP contribution < -0.4 is 9.64 Å². The molecular formula is C17H27N2O4+. The lowest BCUT2D eigenvalue weighted by atomic mass is 10.2. The molecule has 2 rings (SSSR count). The first-order valence-corrected chi connectivity index (χ1v) is 8.32. The molecule has 0 bridgehead atoms. The van der Waals surface area contributed by atoms with Crippen molar-refractivity contribution in [2.45, 2.75) is 45.8 Å². The van der Waals surface area contributed by atoms with Crippen LogP contribution in [0.5, 0.6) is 5.75 Å². The number of hydrogen-bond donors (Lipinski definition) is 1. The van der Waals surface area contributed by atoms with E-state index in [0.717, 1.165) is 32.5 Å². The maximum atomic E-state index is 10.8. The molecule has 1 N–H and O–H groups in total. The number of rotatable bonds is 7. The lowest BCUT2D eigenvalue weighted by Gasteiger charge is -2.32. The van der Waals surface area contributed by atoms with E-state index < -0.39 is 0 Å². The van der Waals surface area contributed by atoms with Gasteiger partial charge in [-0.05, 0) is 45.7 Å². The summed E-state index contributed by atoms with van der Waals surface area (Å²) in [6.07, 6.45) is 2.78. The van der Waals surface area contributed by atoms with Crippen molar-refractivity contribution in [2.24, 2.45) is 0 Å². The van der Waals surface area contributed by atoms with E-state index in [1.54, 1.807) is 24.0 Å². The molecule has 0 saturated carbocycles. The van der Waals surface area contributed by atoms with E-state index in [-0.39, 0.29) is 10.6 Å². The number of nitro benzene ring substituents is 1. The number of morpholine rings is 1. The Kier molecular flexibility index (Phi) is 6.36. The highest BCUT2D eigenvalue weighted by molar-refractivity contribution is 5.44. The molecule has 6 nitrogen and oxygen atoms in total. The molecule has 128 valence electrons.